The Bertz CT molecular complexity index is 725. The van der Waals surface area contributed by atoms with Gasteiger partial charge in [0.1, 0.15) is 5.75 Å². The van der Waals surface area contributed by atoms with Crippen LogP contribution in [0.4, 0.5) is 0 Å². The Morgan fingerprint density at radius 3 is 2.26 bits per heavy atom. The maximum absolute atomic E-state index is 12.3. The number of ether oxygens (including phenoxy) is 1. The highest BCUT2D eigenvalue weighted by Crippen LogP contribution is 2.24. The molecule has 2 aromatic rings. The first-order chi connectivity index (χ1) is 10.9. The van der Waals surface area contributed by atoms with Gasteiger partial charge in [-0.15, -0.1) is 23.4 Å². The Kier molecular flexibility index (Phi) is 6.39. The second-order valence-electron chi connectivity index (χ2n) is 5.18. The summed E-state index contributed by atoms with van der Waals surface area (Å²) in [6, 6.07) is 14.5. The largest absolute Gasteiger partial charge is 0.497 e. The van der Waals surface area contributed by atoms with Crippen molar-refractivity contribution >= 4 is 33.2 Å². The number of alkyl halides is 1. The monoisotopic (exact) mass is 370 g/mol. The van der Waals surface area contributed by atoms with Gasteiger partial charge in [-0.25, -0.2) is 8.42 Å². The quantitative estimate of drug-likeness (QED) is 0.541. The van der Waals surface area contributed by atoms with Gasteiger partial charge in [-0.05, 0) is 43.3 Å². The summed E-state index contributed by atoms with van der Waals surface area (Å²) in [7, 11) is -1.74. The van der Waals surface area contributed by atoms with Crippen LogP contribution < -0.4 is 4.74 Å². The number of sulfone groups is 1. The topological polar surface area (TPSA) is 43.4 Å². The maximum Gasteiger partial charge on any atom is 0.179 e. The third-order valence-corrected chi connectivity index (χ3v) is 6.95. The van der Waals surface area contributed by atoms with Crippen molar-refractivity contribution in [3.05, 3.63) is 54.1 Å². The van der Waals surface area contributed by atoms with Crippen LogP contribution in [-0.2, 0) is 9.84 Å². The second-order valence-corrected chi connectivity index (χ2v) is 8.92. The van der Waals surface area contributed by atoms with Gasteiger partial charge in [-0.3, -0.25) is 0 Å². The van der Waals surface area contributed by atoms with Crippen LogP contribution in [0.3, 0.4) is 0 Å². The van der Waals surface area contributed by atoms with Crippen LogP contribution >= 0.6 is 23.4 Å². The smallest absolute Gasteiger partial charge is 0.179 e. The fourth-order valence-electron chi connectivity index (χ4n) is 1.99. The van der Waals surface area contributed by atoms with Crippen LogP contribution in [0.15, 0.2) is 58.3 Å². The lowest BCUT2D eigenvalue weighted by Crippen LogP contribution is -2.18. The van der Waals surface area contributed by atoms with Gasteiger partial charge in [0.05, 0.1) is 23.1 Å². The lowest BCUT2D eigenvalue weighted by Gasteiger charge is -2.11. The van der Waals surface area contributed by atoms with Crippen LogP contribution in [0.1, 0.15) is 5.56 Å². The summed E-state index contributed by atoms with van der Waals surface area (Å²) in [5.74, 6) is 1.25. The van der Waals surface area contributed by atoms with Gasteiger partial charge in [0, 0.05) is 10.6 Å². The number of methoxy groups -OCH3 is 1. The molecule has 1 unspecified atom stereocenters. The number of hydrogen-bond acceptors (Lipinski definition) is 4. The van der Waals surface area contributed by atoms with Crippen LogP contribution in [0.25, 0.3) is 0 Å². The standard InChI is InChI=1S/C17H19ClO3S2/c1-13-3-9-17(10-4-13)23(19,20)12-14(18)11-22-16-7-5-15(21-2)6-8-16/h3-10,14H,11-12H2,1-2H3. The van der Waals surface area contributed by atoms with E-state index in [2.05, 4.69) is 0 Å². The van der Waals surface area contributed by atoms with E-state index in [0.717, 1.165) is 16.2 Å². The zero-order valence-corrected chi connectivity index (χ0v) is 15.4. The number of thioether (sulfide) groups is 1. The highest BCUT2D eigenvalue weighted by molar-refractivity contribution is 7.99. The Labute approximate surface area is 146 Å². The molecule has 0 amide bonds. The van der Waals surface area contributed by atoms with Crippen molar-refractivity contribution in [2.24, 2.45) is 0 Å². The van der Waals surface area contributed by atoms with Crippen molar-refractivity contribution in [1.29, 1.82) is 0 Å². The maximum atomic E-state index is 12.3. The van der Waals surface area contributed by atoms with Crippen LogP contribution in [0.2, 0.25) is 0 Å². The molecule has 0 saturated heterocycles. The number of rotatable bonds is 7. The SMILES string of the molecule is COc1ccc(SCC(Cl)CS(=O)(=O)c2ccc(C)cc2)cc1. The highest BCUT2D eigenvalue weighted by atomic mass is 35.5. The van der Waals surface area contributed by atoms with Gasteiger partial charge >= 0.3 is 0 Å². The number of benzene rings is 2. The molecule has 0 aromatic heterocycles. The van der Waals surface area contributed by atoms with E-state index in [4.69, 9.17) is 16.3 Å². The molecular formula is C17H19ClO3S2. The molecule has 0 aliphatic rings. The molecule has 1 atom stereocenters. The average Bonchev–Trinajstić information content (AvgIpc) is 2.53. The first-order valence-electron chi connectivity index (χ1n) is 7.11. The van der Waals surface area contributed by atoms with Crippen LogP contribution in [-0.4, -0.2) is 32.4 Å². The Morgan fingerprint density at radius 2 is 1.70 bits per heavy atom. The zero-order chi connectivity index (χ0) is 16.9. The predicted octanol–water partition coefficient (Wildman–Crippen LogP) is 4.18. The molecule has 6 heteroatoms. The third kappa shape index (κ3) is 5.44. The first-order valence-corrected chi connectivity index (χ1v) is 10.2. The predicted molar refractivity (Wildman–Crippen MR) is 96.6 cm³/mol. The van der Waals surface area contributed by atoms with Crippen molar-refractivity contribution in [1.82, 2.24) is 0 Å². The van der Waals surface area contributed by atoms with Crippen LogP contribution in [0.5, 0.6) is 5.75 Å². The number of halogens is 1. The van der Waals surface area contributed by atoms with Crippen LogP contribution in [0, 0.1) is 6.92 Å². The molecular weight excluding hydrogens is 352 g/mol. The molecule has 0 radical (unpaired) electrons. The molecule has 0 fully saturated rings. The first kappa shape index (κ1) is 18.2. The van der Waals surface area contributed by atoms with Gasteiger partial charge in [0.2, 0.25) is 0 Å². The molecule has 0 aliphatic heterocycles. The summed E-state index contributed by atoms with van der Waals surface area (Å²) >= 11 is 7.76. The van der Waals surface area contributed by atoms with Gasteiger partial charge < -0.3 is 4.74 Å². The minimum atomic E-state index is -3.36. The molecule has 124 valence electrons. The third-order valence-electron chi connectivity index (χ3n) is 3.27. The van der Waals surface area contributed by atoms with E-state index in [-0.39, 0.29) is 5.75 Å². The van der Waals surface area contributed by atoms with Gasteiger partial charge in [0.25, 0.3) is 0 Å². The second kappa shape index (κ2) is 8.08. The van der Waals surface area contributed by atoms with E-state index < -0.39 is 15.2 Å². The summed E-state index contributed by atoms with van der Waals surface area (Å²) in [4.78, 5) is 1.35. The number of aryl methyl sites for hydroxylation is 1. The van der Waals surface area contributed by atoms with Gasteiger partial charge in [-0.1, -0.05) is 17.7 Å². The fourth-order valence-corrected chi connectivity index (χ4v) is 4.98. The average molecular weight is 371 g/mol. The summed E-state index contributed by atoms with van der Waals surface area (Å²) in [5.41, 5.74) is 1.03. The lowest BCUT2D eigenvalue weighted by atomic mass is 10.2. The molecule has 0 aliphatic carbocycles. The molecule has 3 nitrogen and oxygen atoms in total. The van der Waals surface area contributed by atoms with Crippen molar-refractivity contribution in [3.8, 4) is 5.75 Å². The zero-order valence-electron chi connectivity index (χ0n) is 13.0. The Balaban J connectivity index is 1.92. The normalized spacial score (nSPS) is 12.8. The Hall–Kier alpha value is -1.17. The summed E-state index contributed by atoms with van der Waals surface area (Å²) in [5, 5.41) is -0.451. The van der Waals surface area contributed by atoms with Crippen molar-refractivity contribution in [2.75, 3.05) is 18.6 Å². The molecule has 0 saturated carbocycles. The highest BCUT2D eigenvalue weighted by Gasteiger charge is 2.20. The van der Waals surface area contributed by atoms with E-state index in [1.54, 1.807) is 31.4 Å². The molecule has 2 rings (SSSR count). The minimum Gasteiger partial charge on any atom is -0.497 e. The van der Waals surface area contributed by atoms with E-state index >= 15 is 0 Å². The molecule has 2 aromatic carbocycles. The number of hydrogen-bond donors (Lipinski definition) is 0. The van der Waals surface area contributed by atoms with Gasteiger partial charge in [-0.2, -0.15) is 0 Å². The van der Waals surface area contributed by atoms with Crippen molar-refractivity contribution in [3.63, 3.8) is 0 Å². The van der Waals surface area contributed by atoms with E-state index in [0.29, 0.717) is 10.6 Å². The molecule has 0 spiro atoms. The molecule has 23 heavy (non-hydrogen) atoms. The molecule has 0 N–H and O–H groups in total. The van der Waals surface area contributed by atoms with Crippen molar-refractivity contribution < 1.29 is 13.2 Å². The Morgan fingerprint density at radius 1 is 1.09 bits per heavy atom. The lowest BCUT2D eigenvalue weighted by molar-refractivity contribution is 0.414. The molecule has 0 heterocycles. The molecule has 0 bridgehead atoms. The minimum absolute atomic E-state index is 0.0687. The fraction of sp³-hybridized carbons (Fsp3) is 0.294. The van der Waals surface area contributed by atoms with E-state index in [1.807, 2.05) is 31.2 Å². The summed E-state index contributed by atoms with van der Waals surface area (Å²) < 4.78 is 29.8. The summed E-state index contributed by atoms with van der Waals surface area (Å²) in [6.07, 6.45) is 0. The van der Waals surface area contributed by atoms with Crippen molar-refractivity contribution in [2.45, 2.75) is 22.1 Å². The van der Waals surface area contributed by atoms with E-state index in [9.17, 15) is 8.42 Å². The summed E-state index contributed by atoms with van der Waals surface area (Å²) in [6.45, 7) is 1.92. The van der Waals surface area contributed by atoms with Gasteiger partial charge in [0.15, 0.2) is 9.84 Å². The van der Waals surface area contributed by atoms with E-state index in [1.165, 1.54) is 11.8 Å².